The van der Waals surface area contributed by atoms with Crippen LogP contribution in [0.3, 0.4) is 0 Å². The minimum absolute atomic E-state index is 0.118. The minimum atomic E-state index is -0.800. The van der Waals surface area contributed by atoms with Crippen molar-refractivity contribution < 1.29 is 14.7 Å². The largest absolute Gasteiger partial charge is 0.481 e. The molecule has 116 valence electrons. The van der Waals surface area contributed by atoms with Crippen LogP contribution in [0.15, 0.2) is 0 Å². The summed E-state index contributed by atoms with van der Waals surface area (Å²) in [6.45, 7) is 3.66. The lowest BCUT2D eigenvalue weighted by molar-refractivity contribution is -0.143. The third kappa shape index (κ3) is 6.03. The van der Waals surface area contributed by atoms with Gasteiger partial charge in [0.1, 0.15) is 0 Å². The fourth-order valence-corrected chi connectivity index (χ4v) is 3.04. The van der Waals surface area contributed by atoms with Gasteiger partial charge in [0.15, 0.2) is 0 Å². The zero-order valence-corrected chi connectivity index (χ0v) is 13.2. The number of nitrogens with zero attached hydrogens (tertiary/aromatic N) is 1. The molecule has 2 unspecified atom stereocenters. The van der Waals surface area contributed by atoms with Gasteiger partial charge >= 0.3 is 12.0 Å². The number of carboxylic acids is 1. The highest BCUT2D eigenvalue weighted by Crippen LogP contribution is 2.21. The average molecular weight is 302 g/mol. The second-order valence-corrected chi connectivity index (χ2v) is 6.55. The molecule has 0 bridgehead atoms. The molecule has 1 aliphatic heterocycles. The van der Waals surface area contributed by atoms with Gasteiger partial charge in [-0.15, -0.1) is 0 Å². The predicted octanol–water partition coefficient (Wildman–Crippen LogP) is 2.27. The quantitative estimate of drug-likeness (QED) is 0.708. The molecular weight excluding hydrogens is 276 g/mol. The number of unbranched alkanes of at least 4 members (excludes halogenated alkanes) is 2. The van der Waals surface area contributed by atoms with E-state index in [1.54, 1.807) is 4.90 Å². The van der Waals surface area contributed by atoms with Gasteiger partial charge in [-0.25, -0.2) is 4.79 Å². The number of likely N-dealkylation sites (tertiary alicyclic amines) is 1. The summed E-state index contributed by atoms with van der Waals surface area (Å²) in [6.07, 6.45) is 6.04. The summed E-state index contributed by atoms with van der Waals surface area (Å²) in [5.41, 5.74) is 0. The maximum absolute atomic E-state index is 12.0. The number of urea groups is 1. The molecule has 0 saturated carbocycles. The maximum Gasteiger partial charge on any atom is 0.317 e. The number of nitrogens with one attached hydrogen (secondary N) is 1. The number of carboxylic acid groups (broad SMARTS) is 1. The predicted molar refractivity (Wildman–Crippen MR) is 82.1 cm³/mol. The highest BCUT2D eigenvalue weighted by molar-refractivity contribution is 7.98. The van der Waals surface area contributed by atoms with E-state index < -0.39 is 11.9 Å². The summed E-state index contributed by atoms with van der Waals surface area (Å²) >= 11 is 1.84. The third-order valence-corrected chi connectivity index (χ3v) is 4.29. The van der Waals surface area contributed by atoms with Crippen LogP contribution in [-0.4, -0.2) is 53.6 Å². The van der Waals surface area contributed by atoms with Crippen LogP contribution in [0.2, 0.25) is 0 Å². The summed E-state index contributed by atoms with van der Waals surface area (Å²) in [5.74, 6) is 0.187. The van der Waals surface area contributed by atoms with Crippen LogP contribution in [0.1, 0.15) is 32.6 Å². The second-order valence-electron chi connectivity index (χ2n) is 5.57. The molecule has 1 fully saturated rings. The van der Waals surface area contributed by atoms with Crippen molar-refractivity contribution in [2.75, 3.05) is 31.6 Å². The van der Waals surface area contributed by atoms with Crippen LogP contribution in [0.5, 0.6) is 0 Å². The van der Waals surface area contributed by atoms with Gasteiger partial charge in [-0.2, -0.15) is 11.8 Å². The van der Waals surface area contributed by atoms with E-state index in [4.69, 9.17) is 5.11 Å². The van der Waals surface area contributed by atoms with Crippen molar-refractivity contribution in [3.05, 3.63) is 0 Å². The van der Waals surface area contributed by atoms with Gasteiger partial charge in [-0.3, -0.25) is 4.79 Å². The van der Waals surface area contributed by atoms with Gasteiger partial charge in [0.05, 0.1) is 5.92 Å². The molecule has 1 rings (SSSR count). The van der Waals surface area contributed by atoms with E-state index >= 15 is 0 Å². The number of aliphatic carboxylic acids is 1. The summed E-state index contributed by atoms with van der Waals surface area (Å²) < 4.78 is 0. The Bertz CT molecular complexity index is 326. The molecule has 0 aromatic heterocycles. The first-order valence-corrected chi connectivity index (χ1v) is 8.68. The van der Waals surface area contributed by atoms with E-state index in [0.717, 1.165) is 18.6 Å². The van der Waals surface area contributed by atoms with Crippen LogP contribution in [0, 0.1) is 11.8 Å². The maximum atomic E-state index is 12.0. The molecule has 2 N–H and O–H groups in total. The Morgan fingerprint density at radius 3 is 2.70 bits per heavy atom. The summed E-state index contributed by atoms with van der Waals surface area (Å²) in [7, 11) is 0. The van der Waals surface area contributed by atoms with E-state index in [0.29, 0.717) is 26.1 Å². The van der Waals surface area contributed by atoms with Crippen molar-refractivity contribution in [1.82, 2.24) is 10.2 Å². The van der Waals surface area contributed by atoms with Crippen molar-refractivity contribution in [1.29, 1.82) is 0 Å². The Hall–Kier alpha value is -0.910. The number of hydrogen-bond donors (Lipinski definition) is 2. The Morgan fingerprint density at radius 2 is 2.05 bits per heavy atom. The fourth-order valence-electron chi connectivity index (χ4n) is 2.55. The van der Waals surface area contributed by atoms with Gasteiger partial charge < -0.3 is 15.3 Å². The molecule has 2 atom stereocenters. The minimum Gasteiger partial charge on any atom is -0.481 e. The molecule has 0 spiro atoms. The third-order valence-electron chi connectivity index (χ3n) is 3.60. The van der Waals surface area contributed by atoms with Crippen molar-refractivity contribution in [3.63, 3.8) is 0 Å². The van der Waals surface area contributed by atoms with E-state index in [1.165, 1.54) is 6.42 Å². The van der Waals surface area contributed by atoms with Crippen LogP contribution >= 0.6 is 11.8 Å². The Morgan fingerprint density at radius 1 is 1.30 bits per heavy atom. The number of amides is 2. The molecule has 1 saturated heterocycles. The van der Waals surface area contributed by atoms with Gasteiger partial charge in [-0.1, -0.05) is 13.3 Å². The molecule has 0 aromatic rings. The number of thioether (sulfide) groups is 1. The van der Waals surface area contributed by atoms with Crippen molar-refractivity contribution in [3.8, 4) is 0 Å². The number of carbonyl (C=O) groups is 2. The second kappa shape index (κ2) is 9.10. The molecule has 0 radical (unpaired) electrons. The van der Waals surface area contributed by atoms with E-state index in [-0.39, 0.29) is 11.9 Å². The number of piperidine rings is 1. The first-order chi connectivity index (χ1) is 9.54. The van der Waals surface area contributed by atoms with Gasteiger partial charge in [0, 0.05) is 19.6 Å². The molecule has 1 aliphatic rings. The highest BCUT2D eigenvalue weighted by Gasteiger charge is 2.31. The first kappa shape index (κ1) is 17.1. The van der Waals surface area contributed by atoms with Crippen LogP contribution in [0.4, 0.5) is 4.79 Å². The van der Waals surface area contributed by atoms with Gasteiger partial charge in [0.2, 0.25) is 0 Å². The first-order valence-electron chi connectivity index (χ1n) is 7.29. The Kier molecular flexibility index (Phi) is 7.80. The van der Waals surface area contributed by atoms with E-state index in [2.05, 4.69) is 11.6 Å². The summed E-state index contributed by atoms with van der Waals surface area (Å²) in [4.78, 5) is 24.7. The molecule has 1 heterocycles. The number of carbonyl (C=O) groups excluding carboxylic acids is 1. The number of rotatable bonds is 7. The Labute approximate surface area is 125 Å². The molecule has 0 aliphatic carbocycles. The molecular formula is C14H26N2O3S. The molecule has 2 amide bonds. The standard InChI is InChI=1S/C14H26N2O3S/c1-11-8-12(13(17)18)10-16(9-11)14(19)15-6-4-3-5-7-20-2/h11-12H,3-10H2,1-2H3,(H,15,19)(H,17,18). The topological polar surface area (TPSA) is 69.6 Å². The van der Waals surface area contributed by atoms with Crippen molar-refractivity contribution in [2.45, 2.75) is 32.6 Å². The van der Waals surface area contributed by atoms with E-state index in [9.17, 15) is 9.59 Å². The monoisotopic (exact) mass is 302 g/mol. The lowest BCUT2D eigenvalue weighted by Crippen LogP contribution is -2.49. The lowest BCUT2D eigenvalue weighted by Gasteiger charge is -2.34. The van der Waals surface area contributed by atoms with Crippen LogP contribution in [-0.2, 0) is 4.79 Å². The van der Waals surface area contributed by atoms with Crippen molar-refractivity contribution >= 4 is 23.8 Å². The molecule has 0 aromatic carbocycles. The number of hydrogen-bond acceptors (Lipinski definition) is 3. The smallest absolute Gasteiger partial charge is 0.317 e. The summed E-state index contributed by atoms with van der Waals surface area (Å²) in [5, 5.41) is 12.0. The zero-order valence-electron chi connectivity index (χ0n) is 12.4. The van der Waals surface area contributed by atoms with E-state index in [1.807, 2.05) is 18.7 Å². The molecule has 20 heavy (non-hydrogen) atoms. The molecule has 6 heteroatoms. The van der Waals surface area contributed by atoms with Crippen LogP contribution in [0.25, 0.3) is 0 Å². The SMILES string of the molecule is CSCCCCCNC(=O)N1CC(C)CC(C(=O)O)C1. The lowest BCUT2D eigenvalue weighted by atomic mass is 9.91. The van der Waals surface area contributed by atoms with Gasteiger partial charge in [0.25, 0.3) is 0 Å². The van der Waals surface area contributed by atoms with Crippen LogP contribution < -0.4 is 5.32 Å². The summed E-state index contributed by atoms with van der Waals surface area (Å²) in [6, 6.07) is -0.118. The Balaban J connectivity index is 2.26. The normalized spacial score (nSPS) is 22.6. The van der Waals surface area contributed by atoms with Crippen molar-refractivity contribution in [2.24, 2.45) is 11.8 Å². The average Bonchev–Trinajstić information content (AvgIpc) is 2.41. The zero-order chi connectivity index (χ0) is 15.0. The van der Waals surface area contributed by atoms with Gasteiger partial charge in [-0.05, 0) is 37.2 Å². The fraction of sp³-hybridized carbons (Fsp3) is 0.857. The molecule has 5 nitrogen and oxygen atoms in total. The highest BCUT2D eigenvalue weighted by atomic mass is 32.2.